The quantitative estimate of drug-likeness (QED) is 0.0261. The van der Waals surface area contributed by atoms with E-state index >= 15 is 0 Å². The van der Waals surface area contributed by atoms with Gasteiger partial charge in [0.25, 0.3) is 0 Å². The Morgan fingerprint density at radius 3 is 0.723 bits per heavy atom. The van der Waals surface area contributed by atoms with Crippen LogP contribution in [-0.2, 0) is 28.6 Å². The molecule has 0 fully saturated rings. The van der Waals surface area contributed by atoms with Crippen LogP contribution >= 0.6 is 0 Å². The molecule has 0 bridgehead atoms. The molecule has 0 aromatic rings. The van der Waals surface area contributed by atoms with E-state index in [2.05, 4.69) is 203 Å². The lowest BCUT2D eigenvalue weighted by atomic mass is 10.0. The van der Waals surface area contributed by atoms with E-state index in [4.69, 9.17) is 14.2 Å². The Morgan fingerprint density at radius 2 is 0.446 bits per heavy atom. The van der Waals surface area contributed by atoms with Crippen molar-refractivity contribution in [3.8, 4) is 0 Å². The molecule has 0 spiro atoms. The normalized spacial score (nSPS) is 13.3. The molecule has 0 saturated heterocycles. The average molecular weight is 1140 g/mol. The highest BCUT2D eigenvalue weighted by molar-refractivity contribution is 5.71. The van der Waals surface area contributed by atoms with Crippen molar-refractivity contribution >= 4 is 17.9 Å². The number of carbonyl (C=O) groups excluding carboxylic acids is 3. The first-order chi connectivity index (χ1) is 41.0. The van der Waals surface area contributed by atoms with Gasteiger partial charge in [0.1, 0.15) is 13.2 Å². The summed E-state index contributed by atoms with van der Waals surface area (Å²) in [6.07, 6.45) is 103. The Morgan fingerprint density at radius 1 is 0.241 bits per heavy atom. The second kappa shape index (κ2) is 69.0. The number of ether oxygens (including phenoxy) is 3. The molecule has 0 aromatic carbocycles. The molecule has 83 heavy (non-hydrogen) atoms. The van der Waals surface area contributed by atoms with Crippen molar-refractivity contribution in [3.63, 3.8) is 0 Å². The fraction of sp³-hybridized carbons (Fsp3) is 0.571. The van der Waals surface area contributed by atoms with Crippen molar-refractivity contribution in [3.05, 3.63) is 182 Å². The summed E-state index contributed by atoms with van der Waals surface area (Å²) < 4.78 is 16.9. The van der Waals surface area contributed by atoms with Gasteiger partial charge >= 0.3 is 17.9 Å². The van der Waals surface area contributed by atoms with Crippen molar-refractivity contribution in [2.24, 2.45) is 0 Å². The molecule has 464 valence electrons. The minimum atomic E-state index is -0.828. The second-order valence-corrected chi connectivity index (χ2v) is 21.2. The molecule has 0 N–H and O–H groups in total. The Kier molecular flexibility index (Phi) is 64.4. The van der Waals surface area contributed by atoms with E-state index in [0.717, 1.165) is 154 Å². The number of hydrogen-bond acceptors (Lipinski definition) is 6. The summed E-state index contributed by atoms with van der Waals surface area (Å²) in [5, 5.41) is 0. The molecular weight excluding hydrogens is 1020 g/mol. The standard InChI is InChI=1S/C77H120O6/c1-4-7-10-13-16-19-22-25-28-31-33-35-37-38-40-41-43-46-49-52-55-58-61-64-67-70-76(79)82-73-74(72-81-75(78)69-66-63-60-57-54-51-48-45-30-27-24-21-18-15-12-9-6-3)83-77(80)71-68-65-62-59-56-53-50-47-44-42-39-36-34-32-29-26-23-20-17-14-11-8-5-2/h7-12,16-21,25-30,33-36,42,44,48,50-51,53,57,60,74H,4-6,13-15,22-24,31-32,37-41,43,45-47,49,52,54-56,58-59,61-73H2,1-3H3/b10-7-,11-8-,12-9-,19-16-,20-17-,21-18-,28-25-,29-26-,30-27-,35-33-,36-34-,44-42-,51-48-,53-50-,60-57-. The molecule has 0 radical (unpaired) electrons. The van der Waals surface area contributed by atoms with Gasteiger partial charge in [-0.2, -0.15) is 0 Å². The monoisotopic (exact) mass is 1140 g/mol. The van der Waals surface area contributed by atoms with Crippen molar-refractivity contribution in [2.75, 3.05) is 13.2 Å². The molecular formula is C77H120O6. The molecule has 0 amide bonds. The number of rotatable bonds is 58. The molecule has 1 atom stereocenters. The van der Waals surface area contributed by atoms with Gasteiger partial charge < -0.3 is 14.2 Å². The van der Waals surface area contributed by atoms with E-state index in [1.54, 1.807) is 0 Å². The molecule has 0 aromatic heterocycles. The Balaban J connectivity index is 4.51. The highest BCUT2D eigenvalue weighted by atomic mass is 16.6. The molecule has 1 unspecified atom stereocenters. The van der Waals surface area contributed by atoms with Crippen LogP contribution in [-0.4, -0.2) is 37.2 Å². The summed E-state index contributed by atoms with van der Waals surface area (Å²) in [4.78, 5) is 38.4. The summed E-state index contributed by atoms with van der Waals surface area (Å²) in [5.41, 5.74) is 0. The molecule has 0 aliphatic heterocycles. The van der Waals surface area contributed by atoms with Crippen molar-refractivity contribution in [2.45, 2.75) is 271 Å². The van der Waals surface area contributed by atoms with Crippen LogP contribution in [0.5, 0.6) is 0 Å². The fourth-order valence-corrected chi connectivity index (χ4v) is 8.53. The third-order valence-corrected chi connectivity index (χ3v) is 13.4. The molecule has 0 aliphatic rings. The zero-order chi connectivity index (χ0) is 59.9. The number of unbranched alkanes of at least 4 members (excludes halogenated alkanes) is 17. The van der Waals surface area contributed by atoms with Gasteiger partial charge in [0.15, 0.2) is 6.10 Å². The minimum absolute atomic E-state index is 0.116. The summed E-state index contributed by atoms with van der Waals surface area (Å²) >= 11 is 0. The Hall–Kier alpha value is -5.49. The van der Waals surface area contributed by atoms with E-state index in [9.17, 15) is 14.4 Å². The van der Waals surface area contributed by atoms with Gasteiger partial charge in [0.05, 0.1) is 0 Å². The molecule has 0 rings (SSSR count). The molecule has 0 saturated carbocycles. The van der Waals surface area contributed by atoms with Gasteiger partial charge in [-0.25, -0.2) is 0 Å². The zero-order valence-electron chi connectivity index (χ0n) is 53.1. The fourth-order valence-electron chi connectivity index (χ4n) is 8.53. The highest BCUT2D eigenvalue weighted by Crippen LogP contribution is 2.15. The van der Waals surface area contributed by atoms with E-state index in [1.807, 2.05) is 0 Å². The zero-order valence-corrected chi connectivity index (χ0v) is 53.1. The molecule has 6 nitrogen and oxygen atoms in total. The van der Waals surface area contributed by atoms with E-state index < -0.39 is 6.10 Å². The van der Waals surface area contributed by atoms with Crippen LogP contribution in [0.25, 0.3) is 0 Å². The van der Waals surface area contributed by atoms with Crippen molar-refractivity contribution < 1.29 is 28.6 Å². The van der Waals surface area contributed by atoms with Gasteiger partial charge in [-0.1, -0.05) is 280 Å². The smallest absolute Gasteiger partial charge is 0.306 e. The Labute approximate surface area is 510 Å². The molecule has 6 heteroatoms. The predicted molar refractivity (Wildman–Crippen MR) is 361 cm³/mol. The van der Waals surface area contributed by atoms with Crippen molar-refractivity contribution in [1.29, 1.82) is 0 Å². The maximum absolute atomic E-state index is 12.9. The van der Waals surface area contributed by atoms with Gasteiger partial charge in [0, 0.05) is 19.3 Å². The van der Waals surface area contributed by atoms with Gasteiger partial charge in [0.2, 0.25) is 0 Å². The molecule has 0 aliphatic carbocycles. The first kappa shape index (κ1) is 77.5. The molecule has 0 heterocycles. The summed E-state index contributed by atoms with van der Waals surface area (Å²) in [7, 11) is 0. The lowest BCUT2D eigenvalue weighted by molar-refractivity contribution is -0.167. The Bertz CT molecular complexity index is 1940. The lowest BCUT2D eigenvalue weighted by Crippen LogP contribution is -2.30. The third kappa shape index (κ3) is 67.2. The van der Waals surface area contributed by atoms with Crippen LogP contribution in [0.3, 0.4) is 0 Å². The van der Waals surface area contributed by atoms with E-state index in [0.29, 0.717) is 12.8 Å². The summed E-state index contributed by atoms with van der Waals surface area (Å²) in [5.74, 6) is -1.01. The van der Waals surface area contributed by atoms with Crippen molar-refractivity contribution in [1.82, 2.24) is 0 Å². The van der Waals surface area contributed by atoms with Gasteiger partial charge in [-0.05, 0) is 148 Å². The summed E-state index contributed by atoms with van der Waals surface area (Å²) in [6, 6.07) is 0. The number of hydrogen-bond donors (Lipinski definition) is 0. The van der Waals surface area contributed by atoms with E-state index in [-0.39, 0.29) is 44.0 Å². The van der Waals surface area contributed by atoms with Crippen LogP contribution in [0, 0.1) is 0 Å². The first-order valence-electron chi connectivity index (χ1n) is 33.3. The van der Waals surface area contributed by atoms with E-state index in [1.165, 1.54) is 64.2 Å². The summed E-state index contributed by atoms with van der Waals surface area (Å²) in [6.45, 7) is 6.23. The second-order valence-electron chi connectivity index (χ2n) is 21.2. The minimum Gasteiger partial charge on any atom is -0.462 e. The number of esters is 3. The lowest BCUT2D eigenvalue weighted by Gasteiger charge is -2.18. The highest BCUT2D eigenvalue weighted by Gasteiger charge is 2.19. The van der Waals surface area contributed by atoms with Crippen LogP contribution in [0.15, 0.2) is 182 Å². The predicted octanol–water partition coefficient (Wildman–Crippen LogP) is 23.2. The third-order valence-electron chi connectivity index (χ3n) is 13.4. The topological polar surface area (TPSA) is 78.9 Å². The largest absolute Gasteiger partial charge is 0.462 e. The SMILES string of the molecule is CC/C=C\C/C=C\C/C=C\C/C=C\C/C=C\C/C=C\CCCCCCC(=O)OC(COC(=O)CCC/C=C\C/C=C\C/C=C\C/C=C\C/C=C\CC)COC(=O)CCCCCCCCCCCCCC/C=C\C/C=C\C/C=C\C/C=C\CC. The van der Waals surface area contributed by atoms with Gasteiger partial charge in [-0.15, -0.1) is 0 Å². The van der Waals surface area contributed by atoms with Crippen LogP contribution in [0.4, 0.5) is 0 Å². The van der Waals surface area contributed by atoms with Crippen LogP contribution in [0.2, 0.25) is 0 Å². The maximum atomic E-state index is 12.9. The number of allylic oxidation sites excluding steroid dienone is 30. The van der Waals surface area contributed by atoms with Gasteiger partial charge in [-0.3, -0.25) is 14.4 Å². The maximum Gasteiger partial charge on any atom is 0.306 e. The average Bonchev–Trinajstić information content (AvgIpc) is 3.49. The van der Waals surface area contributed by atoms with Crippen LogP contribution in [0.1, 0.15) is 265 Å². The number of carbonyl (C=O) groups is 3. The van der Waals surface area contributed by atoms with Crippen LogP contribution < -0.4 is 0 Å². The first-order valence-corrected chi connectivity index (χ1v) is 33.3.